The molecule has 0 spiro atoms. The molecule has 0 aliphatic heterocycles. The zero-order valence-corrected chi connectivity index (χ0v) is 20.2. The molecular weight excluding hydrogens is 467 g/mol. The van der Waals surface area contributed by atoms with Crippen molar-refractivity contribution >= 4 is 23.2 Å². The maximum absolute atomic E-state index is 8.49. The van der Waals surface area contributed by atoms with E-state index in [1.807, 2.05) is 0 Å². The van der Waals surface area contributed by atoms with Crippen molar-refractivity contribution in [3.63, 3.8) is 0 Å². The highest BCUT2D eigenvalue weighted by Gasteiger charge is 2.43. The van der Waals surface area contributed by atoms with E-state index in [1.54, 1.807) is 0 Å². The van der Waals surface area contributed by atoms with Crippen LogP contribution in [0.4, 0.5) is 0 Å². The molecule has 6 heteroatoms. The Kier molecular flexibility index (Phi) is 9.55. The predicted molar refractivity (Wildman–Crippen MR) is 129 cm³/mol. The van der Waals surface area contributed by atoms with Gasteiger partial charge in [0.2, 0.25) is 0 Å². The van der Waals surface area contributed by atoms with E-state index >= 15 is 0 Å². The van der Waals surface area contributed by atoms with Crippen molar-refractivity contribution in [3.05, 3.63) is 139 Å². The van der Waals surface area contributed by atoms with Gasteiger partial charge >= 0.3 is 0 Å². The van der Waals surface area contributed by atoms with E-state index in [0.717, 1.165) is 12.6 Å². The number of rotatable bonds is 7. The van der Waals surface area contributed by atoms with Gasteiger partial charge in [-0.05, 0) is 48.4 Å². The molecule has 0 bridgehead atoms. The van der Waals surface area contributed by atoms with Crippen LogP contribution < -0.4 is 34.5 Å². The quantitative estimate of drug-likeness (QED) is 0.284. The Morgan fingerprint density at radius 2 is 0.824 bits per heavy atom. The first kappa shape index (κ1) is 25.8. The fraction of sp³-hybridized carbons (Fsp3) is 0.0714. The average Bonchev–Trinajstić information content (AvgIpc) is 2.86. The summed E-state index contributed by atoms with van der Waals surface area (Å²) in [6.07, 6.45) is 6.73. The third kappa shape index (κ3) is 7.61. The molecule has 0 unspecified atom stereocenters. The van der Waals surface area contributed by atoms with E-state index in [1.165, 1.54) is 21.5 Å². The van der Waals surface area contributed by atoms with Crippen molar-refractivity contribution in [1.82, 2.24) is 0 Å². The lowest BCUT2D eigenvalue weighted by Crippen LogP contribution is -2.68. The van der Waals surface area contributed by atoms with E-state index in [-0.39, 0.29) is 0 Å². The van der Waals surface area contributed by atoms with Gasteiger partial charge in [0, 0.05) is 0 Å². The molecule has 4 aromatic rings. The van der Waals surface area contributed by atoms with Crippen LogP contribution in [0.3, 0.4) is 0 Å². The zero-order chi connectivity index (χ0) is 24.3. The molecule has 0 aromatic heterocycles. The van der Waals surface area contributed by atoms with Crippen LogP contribution in [0.15, 0.2) is 133 Å². The highest BCUT2D eigenvalue weighted by molar-refractivity contribution is 7.95. The molecule has 0 amide bonds. The van der Waals surface area contributed by atoms with Crippen LogP contribution in [0.5, 0.6) is 0 Å². The molecule has 0 aliphatic rings. The normalized spacial score (nSPS) is 11.6. The number of halogens is 1. The molecule has 4 aromatic carbocycles. The largest absolute Gasteiger partial charge is 0.222 e. The maximum atomic E-state index is 8.49. The molecule has 0 atom stereocenters. The minimum Gasteiger partial charge on any atom is -0.222 e. The first-order chi connectivity index (χ1) is 16.4. The lowest BCUT2D eigenvalue weighted by atomic mass is 10.1. The second kappa shape index (κ2) is 12.6. The van der Waals surface area contributed by atoms with Gasteiger partial charge in [0.05, 0.1) is 6.16 Å². The third-order valence-corrected chi connectivity index (χ3v) is 9.63. The molecule has 34 heavy (non-hydrogen) atoms. The van der Waals surface area contributed by atoms with Crippen LogP contribution in [-0.2, 0) is 6.42 Å². The molecule has 0 fully saturated rings. The molecule has 0 saturated heterocycles. The predicted octanol–water partition coefficient (Wildman–Crippen LogP) is 1.02. The Bertz CT molecular complexity index is 1030. The van der Waals surface area contributed by atoms with E-state index in [0.29, 0.717) is 0 Å². The minimum absolute atomic E-state index is 0.971. The summed E-state index contributed by atoms with van der Waals surface area (Å²) in [6.45, 7) is 0. The van der Waals surface area contributed by atoms with Crippen molar-refractivity contribution in [2.24, 2.45) is 0 Å². The van der Waals surface area contributed by atoms with Gasteiger partial charge in [-0.2, -0.15) is 0 Å². The van der Waals surface area contributed by atoms with Gasteiger partial charge in [-0.15, -0.1) is 10.2 Å². The Hall–Kier alpha value is -2.82. The van der Waals surface area contributed by atoms with Gasteiger partial charge in [-0.3, -0.25) is 0 Å². The second-order valence-electron chi connectivity index (χ2n) is 7.54. The number of hydrogen-bond donors (Lipinski definition) is 0. The van der Waals surface area contributed by atoms with Gasteiger partial charge in [0.15, 0.2) is 0 Å². The summed E-state index contributed by atoms with van der Waals surface area (Å²) >= 11 is 0. The Labute approximate surface area is 203 Å². The van der Waals surface area contributed by atoms with E-state index in [4.69, 9.17) is 18.6 Å². The van der Waals surface area contributed by atoms with Gasteiger partial charge in [-0.1, -0.05) is 97.1 Å². The van der Waals surface area contributed by atoms with Gasteiger partial charge < -0.3 is 0 Å². The summed E-state index contributed by atoms with van der Waals surface area (Å²) in [5, 5.41) is 4.30. The SMILES string of the molecule is C(=C/C[P+](c1ccccc1)(c1ccccc1)c1ccccc1)/Cc1ccccc1.[O-][Cl+3]([O-])([O-])[O-]. The Morgan fingerprint density at radius 1 is 0.500 bits per heavy atom. The van der Waals surface area contributed by atoms with Crippen LogP contribution in [0.1, 0.15) is 5.56 Å². The summed E-state index contributed by atoms with van der Waals surface area (Å²) in [5.74, 6) is 0. The van der Waals surface area contributed by atoms with E-state index in [2.05, 4.69) is 133 Å². The van der Waals surface area contributed by atoms with E-state index < -0.39 is 17.5 Å². The first-order valence-corrected chi connectivity index (χ1v) is 14.0. The molecule has 0 N–H and O–H groups in total. The average molecular weight is 493 g/mol. The second-order valence-corrected chi connectivity index (χ2v) is 11.8. The standard InChI is InChI=1S/C28H26P.ClHO4/c1-5-15-25(16-6-1)17-13-14-24-29(26-18-7-2-8-19-26,27-20-9-3-10-21-27)28-22-11-4-12-23-28;2-1(3,4)5/h1-16,18-23H,17,24H2;(H,2,3,4,5)/q+1;/p-1/b14-13-;. The van der Waals surface area contributed by atoms with Crippen molar-refractivity contribution in [2.75, 3.05) is 6.16 Å². The highest BCUT2D eigenvalue weighted by atomic mass is 35.7. The van der Waals surface area contributed by atoms with Crippen molar-refractivity contribution < 1.29 is 28.9 Å². The molecule has 4 rings (SSSR count). The molecule has 0 saturated carbocycles. The summed E-state index contributed by atoms with van der Waals surface area (Å²) in [6, 6.07) is 43.9. The topological polar surface area (TPSA) is 92.2 Å². The molecule has 0 heterocycles. The molecule has 4 nitrogen and oxygen atoms in total. The minimum atomic E-state index is -4.94. The smallest absolute Gasteiger partial charge is 0.115 e. The van der Waals surface area contributed by atoms with Crippen LogP contribution in [0.2, 0.25) is 0 Å². The Balaban J connectivity index is 0.000000588. The Morgan fingerprint density at radius 3 is 1.18 bits per heavy atom. The van der Waals surface area contributed by atoms with Crippen molar-refractivity contribution in [1.29, 1.82) is 0 Å². The molecule has 174 valence electrons. The van der Waals surface area contributed by atoms with Gasteiger partial charge in [-0.25, -0.2) is 18.6 Å². The molecule has 0 aliphatic carbocycles. The summed E-state index contributed by atoms with van der Waals surface area (Å²) in [4.78, 5) is 0. The lowest BCUT2D eigenvalue weighted by Gasteiger charge is -2.26. The van der Waals surface area contributed by atoms with Gasteiger partial charge in [0.25, 0.3) is 0 Å². The van der Waals surface area contributed by atoms with Crippen molar-refractivity contribution in [3.8, 4) is 0 Å². The maximum Gasteiger partial charge on any atom is 0.115 e. The number of hydrogen-bond acceptors (Lipinski definition) is 4. The highest BCUT2D eigenvalue weighted by Crippen LogP contribution is 2.55. The van der Waals surface area contributed by atoms with Gasteiger partial charge in [0.1, 0.15) is 23.2 Å². The van der Waals surface area contributed by atoms with Crippen LogP contribution in [-0.4, -0.2) is 6.16 Å². The van der Waals surface area contributed by atoms with E-state index in [9.17, 15) is 0 Å². The zero-order valence-electron chi connectivity index (χ0n) is 18.6. The monoisotopic (exact) mass is 492 g/mol. The summed E-state index contributed by atoms with van der Waals surface area (Å²) < 4.78 is 34.0. The number of allylic oxidation sites excluding steroid dienone is 2. The molecular formula is C28H26ClO4P. The van der Waals surface area contributed by atoms with Crippen LogP contribution >= 0.6 is 7.26 Å². The lowest BCUT2D eigenvalue weighted by molar-refractivity contribution is -2.00. The summed E-state index contributed by atoms with van der Waals surface area (Å²) in [7, 11) is -6.71. The third-order valence-electron chi connectivity index (χ3n) is 5.33. The van der Waals surface area contributed by atoms with Crippen molar-refractivity contribution in [2.45, 2.75) is 6.42 Å². The molecule has 0 radical (unpaired) electrons. The fourth-order valence-corrected chi connectivity index (χ4v) is 7.91. The van der Waals surface area contributed by atoms with Crippen LogP contribution in [0, 0.1) is 10.2 Å². The van der Waals surface area contributed by atoms with Crippen LogP contribution in [0.25, 0.3) is 0 Å². The fourth-order valence-electron chi connectivity index (χ4n) is 3.88. The first-order valence-electron chi connectivity index (χ1n) is 10.8. The summed E-state index contributed by atoms with van der Waals surface area (Å²) in [5.41, 5.74) is 1.35. The number of benzene rings is 4.